The summed E-state index contributed by atoms with van der Waals surface area (Å²) in [5, 5.41) is 20.3. The van der Waals surface area contributed by atoms with Crippen LogP contribution < -0.4 is 0 Å². The minimum Gasteiger partial charge on any atom is -0.508 e. The molecule has 25 heavy (non-hydrogen) atoms. The zero-order chi connectivity index (χ0) is 17.9. The normalized spacial score (nSPS) is 19.8. The van der Waals surface area contributed by atoms with Gasteiger partial charge in [-0.3, -0.25) is 0 Å². The summed E-state index contributed by atoms with van der Waals surface area (Å²) in [5.74, 6) is 0.533. The summed E-state index contributed by atoms with van der Waals surface area (Å²) in [6.45, 7) is 4.70. The zero-order valence-electron chi connectivity index (χ0n) is 16.2. The molecule has 0 atom stereocenters. The molecule has 2 aliphatic rings. The minimum atomic E-state index is 0.266. The molecule has 0 amide bonds. The van der Waals surface area contributed by atoms with Crippen molar-refractivity contribution >= 4 is 0 Å². The molecule has 2 N–H and O–H groups in total. The SMILES string of the molecule is CCC1(CCCCc2cc(CCCCC3(C)CC3)c(O)cc2O)CC1. The average molecular weight is 345 g/mol. The van der Waals surface area contributed by atoms with Gasteiger partial charge in [0.25, 0.3) is 0 Å². The standard InChI is InChI=1S/C23H36O2/c1-3-23(14-15-23)11-7-5-9-19-16-18(20(24)17-21(19)25)8-4-6-10-22(2)12-13-22/h16-17,24-25H,3-15H2,1-2H3. The van der Waals surface area contributed by atoms with Crippen molar-refractivity contribution in [2.75, 3.05) is 0 Å². The Labute approximate surface area is 153 Å². The molecule has 2 fully saturated rings. The predicted octanol–water partition coefficient (Wildman–Crippen LogP) is 6.51. The number of aromatic hydroxyl groups is 2. The van der Waals surface area contributed by atoms with Crippen LogP contribution in [0.4, 0.5) is 0 Å². The van der Waals surface area contributed by atoms with Gasteiger partial charge in [-0.15, -0.1) is 0 Å². The Balaban J connectivity index is 1.45. The number of rotatable bonds is 11. The largest absolute Gasteiger partial charge is 0.508 e. The van der Waals surface area contributed by atoms with Gasteiger partial charge in [-0.1, -0.05) is 33.1 Å². The third-order valence-corrected chi connectivity index (χ3v) is 6.97. The molecule has 1 aromatic rings. The summed E-state index contributed by atoms with van der Waals surface area (Å²) in [6, 6.07) is 3.61. The van der Waals surface area contributed by atoms with Crippen LogP contribution in [-0.2, 0) is 12.8 Å². The molecule has 0 bridgehead atoms. The Morgan fingerprint density at radius 1 is 0.800 bits per heavy atom. The number of benzene rings is 1. The highest BCUT2D eigenvalue weighted by atomic mass is 16.3. The minimum absolute atomic E-state index is 0.266. The number of hydrogen-bond acceptors (Lipinski definition) is 2. The second kappa shape index (κ2) is 7.60. The van der Waals surface area contributed by atoms with Gasteiger partial charge in [-0.2, -0.15) is 0 Å². The van der Waals surface area contributed by atoms with Crippen molar-refractivity contribution in [3.05, 3.63) is 23.3 Å². The van der Waals surface area contributed by atoms with Crippen molar-refractivity contribution in [2.45, 2.75) is 97.3 Å². The van der Waals surface area contributed by atoms with Gasteiger partial charge in [0.05, 0.1) is 0 Å². The van der Waals surface area contributed by atoms with E-state index in [1.807, 2.05) is 0 Å². The maximum Gasteiger partial charge on any atom is 0.122 e. The van der Waals surface area contributed by atoms with E-state index in [4.69, 9.17) is 0 Å². The fourth-order valence-corrected chi connectivity index (χ4v) is 4.18. The van der Waals surface area contributed by atoms with Crippen LogP contribution >= 0.6 is 0 Å². The molecule has 140 valence electrons. The van der Waals surface area contributed by atoms with Gasteiger partial charge in [0, 0.05) is 6.07 Å². The highest BCUT2D eigenvalue weighted by Gasteiger charge is 2.39. The Bertz CT molecular complexity index is 582. The van der Waals surface area contributed by atoms with Crippen LogP contribution in [-0.4, -0.2) is 10.2 Å². The van der Waals surface area contributed by atoms with E-state index >= 15 is 0 Å². The Hall–Kier alpha value is -1.18. The van der Waals surface area contributed by atoms with Crippen molar-refractivity contribution in [3.8, 4) is 11.5 Å². The lowest BCUT2D eigenvalue weighted by atomic mass is 9.93. The van der Waals surface area contributed by atoms with Crippen LogP contribution in [0.5, 0.6) is 11.5 Å². The lowest BCUT2D eigenvalue weighted by molar-refractivity contribution is 0.421. The van der Waals surface area contributed by atoms with Crippen LogP contribution in [0.1, 0.15) is 95.6 Å². The van der Waals surface area contributed by atoms with Gasteiger partial charge in [0.15, 0.2) is 0 Å². The molecule has 3 rings (SSSR count). The van der Waals surface area contributed by atoms with E-state index in [1.54, 1.807) is 6.07 Å². The fraction of sp³-hybridized carbons (Fsp3) is 0.739. The van der Waals surface area contributed by atoms with Crippen molar-refractivity contribution in [2.24, 2.45) is 10.8 Å². The first-order valence-electron chi connectivity index (χ1n) is 10.5. The maximum absolute atomic E-state index is 10.2. The van der Waals surface area contributed by atoms with E-state index in [9.17, 15) is 10.2 Å². The van der Waals surface area contributed by atoms with Crippen LogP contribution in [0, 0.1) is 10.8 Å². The Kier molecular flexibility index (Phi) is 5.65. The first-order valence-corrected chi connectivity index (χ1v) is 10.5. The fourth-order valence-electron chi connectivity index (χ4n) is 4.18. The van der Waals surface area contributed by atoms with Gasteiger partial charge in [0.1, 0.15) is 11.5 Å². The van der Waals surface area contributed by atoms with Gasteiger partial charge in [-0.05, 0) is 92.2 Å². The number of hydrogen-bond donors (Lipinski definition) is 2. The van der Waals surface area contributed by atoms with E-state index in [-0.39, 0.29) is 11.5 Å². The van der Waals surface area contributed by atoms with E-state index in [0.717, 1.165) is 36.8 Å². The molecule has 0 radical (unpaired) electrons. The van der Waals surface area contributed by atoms with Crippen molar-refractivity contribution in [3.63, 3.8) is 0 Å². The smallest absolute Gasteiger partial charge is 0.122 e. The van der Waals surface area contributed by atoms with Crippen LogP contribution in [0.3, 0.4) is 0 Å². The monoisotopic (exact) mass is 344 g/mol. The quantitative estimate of drug-likeness (QED) is 0.449. The third-order valence-electron chi connectivity index (χ3n) is 6.97. The molecular formula is C23H36O2. The van der Waals surface area contributed by atoms with Crippen LogP contribution in [0.25, 0.3) is 0 Å². The van der Waals surface area contributed by atoms with Crippen LogP contribution in [0.15, 0.2) is 12.1 Å². The Morgan fingerprint density at radius 3 is 1.84 bits per heavy atom. The molecule has 2 saturated carbocycles. The Morgan fingerprint density at radius 2 is 1.36 bits per heavy atom. The topological polar surface area (TPSA) is 40.5 Å². The van der Waals surface area contributed by atoms with Crippen LogP contribution in [0.2, 0.25) is 0 Å². The average Bonchev–Trinajstić information content (AvgIpc) is 3.50. The van der Waals surface area contributed by atoms with Gasteiger partial charge >= 0.3 is 0 Å². The first kappa shape index (κ1) is 18.6. The van der Waals surface area contributed by atoms with Gasteiger partial charge in [-0.25, -0.2) is 0 Å². The highest BCUT2D eigenvalue weighted by molar-refractivity contribution is 5.45. The molecule has 2 heteroatoms. The number of unbranched alkanes of at least 4 members (excludes halogenated alkanes) is 2. The highest BCUT2D eigenvalue weighted by Crippen LogP contribution is 2.52. The number of aryl methyl sites for hydroxylation is 2. The van der Waals surface area contributed by atoms with Gasteiger partial charge < -0.3 is 10.2 Å². The summed E-state index contributed by atoms with van der Waals surface area (Å²) < 4.78 is 0. The summed E-state index contributed by atoms with van der Waals surface area (Å²) in [5.41, 5.74) is 3.32. The number of phenols is 2. The third kappa shape index (κ3) is 5.15. The molecule has 0 heterocycles. The second-order valence-electron chi connectivity index (χ2n) is 9.19. The number of phenolic OH excluding ortho intramolecular Hbond substituents is 2. The summed E-state index contributed by atoms with van der Waals surface area (Å²) in [7, 11) is 0. The van der Waals surface area contributed by atoms with Crippen molar-refractivity contribution in [1.29, 1.82) is 0 Å². The molecule has 1 aromatic carbocycles. The summed E-state index contributed by atoms with van der Waals surface area (Å²) in [4.78, 5) is 0. The lowest BCUT2D eigenvalue weighted by Gasteiger charge is -2.13. The van der Waals surface area contributed by atoms with E-state index in [1.165, 1.54) is 57.8 Å². The van der Waals surface area contributed by atoms with E-state index in [0.29, 0.717) is 10.8 Å². The van der Waals surface area contributed by atoms with Crippen molar-refractivity contribution in [1.82, 2.24) is 0 Å². The second-order valence-corrected chi connectivity index (χ2v) is 9.19. The molecule has 0 aromatic heterocycles. The zero-order valence-corrected chi connectivity index (χ0v) is 16.2. The molecule has 0 aliphatic heterocycles. The van der Waals surface area contributed by atoms with E-state index < -0.39 is 0 Å². The maximum atomic E-state index is 10.2. The van der Waals surface area contributed by atoms with E-state index in [2.05, 4.69) is 19.9 Å². The molecule has 0 unspecified atom stereocenters. The molecule has 0 spiro atoms. The lowest BCUT2D eigenvalue weighted by Crippen LogP contribution is -1.99. The summed E-state index contributed by atoms with van der Waals surface area (Å²) in [6.07, 6.45) is 16.2. The first-order chi connectivity index (χ1) is 12.0. The molecule has 2 aliphatic carbocycles. The van der Waals surface area contributed by atoms with Crippen molar-refractivity contribution < 1.29 is 10.2 Å². The molecule has 0 saturated heterocycles. The molecule has 2 nitrogen and oxygen atoms in total. The van der Waals surface area contributed by atoms with Gasteiger partial charge in [0.2, 0.25) is 0 Å². The summed E-state index contributed by atoms with van der Waals surface area (Å²) >= 11 is 0. The predicted molar refractivity (Wildman–Crippen MR) is 104 cm³/mol. The molecular weight excluding hydrogens is 308 g/mol.